The minimum absolute atomic E-state index is 0.0129. The molecular formula is C39H42Cl2F3N3O9. The molecule has 2 saturated heterocycles. The minimum atomic E-state index is -5.25. The fraction of sp³-hybridized carbons (Fsp3) is 0.462. The van der Waals surface area contributed by atoms with Crippen molar-refractivity contribution in [3.8, 4) is 17.2 Å². The molecule has 12 nitrogen and oxygen atoms in total. The van der Waals surface area contributed by atoms with Gasteiger partial charge in [-0.05, 0) is 86.6 Å². The van der Waals surface area contributed by atoms with E-state index in [2.05, 4.69) is 4.90 Å². The lowest BCUT2D eigenvalue weighted by Crippen LogP contribution is -2.47. The molecule has 1 aromatic heterocycles. The Balaban J connectivity index is 1.11. The standard InChI is InChI=1S/C39H42Cl2F3N3O9/c40-28-20-24(22-31(37(48)49)46-38(50)39(42,43)44)21-29(41)35(28)55-23-26-6-5-7-30-34(26)56-36(45-30)25-10-12-27(13-11-25)47(14-18-53-32-8-1-3-16-51-32)15-19-54-33-9-2-4-17-52-33/h5-7,10-13,20-21,31-33H,1-4,8-9,14-19,22-23H2,(H,46,50)(H,48,49)/t31-,32?,33?/m0/s1. The van der Waals surface area contributed by atoms with Gasteiger partial charge in [0.25, 0.3) is 0 Å². The number of aliphatic carboxylic acids is 1. The SMILES string of the molecule is O=C(O)[C@H](Cc1cc(Cl)c(OCc2cccc3nc(-c4ccc(N(CCOC5CCCCO5)CCOC5CCCCO5)cc4)oc23)c(Cl)c1)NC(=O)C(F)(F)F. The summed E-state index contributed by atoms with van der Waals surface area (Å²) >= 11 is 12.8. The number of carbonyl (C=O) groups is 2. The van der Waals surface area contributed by atoms with Gasteiger partial charge in [0.2, 0.25) is 5.89 Å². The largest absolute Gasteiger partial charge is 0.486 e. The Labute approximate surface area is 331 Å². The summed E-state index contributed by atoms with van der Waals surface area (Å²) in [5.41, 5.74) is 3.59. The molecule has 2 unspecified atom stereocenters. The van der Waals surface area contributed by atoms with E-state index < -0.39 is 30.5 Å². The van der Waals surface area contributed by atoms with Crippen molar-refractivity contribution in [3.05, 3.63) is 75.8 Å². The van der Waals surface area contributed by atoms with Gasteiger partial charge in [0, 0.05) is 49.5 Å². The lowest BCUT2D eigenvalue weighted by molar-refractivity contribution is -0.175. The highest BCUT2D eigenvalue weighted by Gasteiger charge is 2.41. The summed E-state index contributed by atoms with van der Waals surface area (Å²) in [5, 5.41) is 10.8. The summed E-state index contributed by atoms with van der Waals surface area (Å²) in [4.78, 5) is 29.8. The third kappa shape index (κ3) is 11.3. The van der Waals surface area contributed by atoms with Crippen molar-refractivity contribution in [3.63, 3.8) is 0 Å². The number of para-hydroxylation sites is 1. The van der Waals surface area contributed by atoms with Gasteiger partial charge in [-0.3, -0.25) is 4.79 Å². The van der Waals surface area contributed by atoms with Crippen LogP contribution in [0.2, 0.25) is 10.0 Å². The first-order valence-electron chi connectivity index (χ1n) is 18.4. The number of hydrogen-bond donors (Lipinski definition) is 2. The number of nitrogens with one attached hydrogen (secondary N) is 1. The predicted octanol–water partition coefficient (Wildman–Crippen LogP) is 7.95. The van der Waals surface area contributed by atoms with Gasteiger partial charge in [-0.2, -0.15) is 13.2 Å². The lowest BCUT2D eigenvalue weighted by atomic mass is 10.1. The summed E-state index contributed by atoms with van der Waals surface area (Å²) in [6.45, 7) is 3.67. The molecule has 1 amide bonds. The van der Waals surface area contributed by atoms with Crippen LogP contribution in [0.3, 0.4) is 0 Å². The molecule has 17 heteroatoms. The van der Waals surface area contributed by atoms with Crippen LogP contribution in [0.1, 0.15) is 49.7 Å². The molecule has 0 aliphatic carbocycles. The maximum atomic E-state index is 12.7. The van der Waals surface area contributed by atoms with Crippen LogP contribution in [-0.4, -0.2) is 86.3 Å². The summed E-state index contributed by atoms with van der Waals surface area (Å²) in [7, 11) is 0. The van der Waals surface area contributed by atoms with Gasteiger partial charge in [-0.15, -0.1) is 0 Å². The van der Waals surface area contributed by atoms with E-state index >= 15 is 0 Å². The van der Waals surface area contributed by atoms with E-state index in [4.69, 9.17) is 56.3 Å². The summed E-state index contributed by atoms with van der Waals surface area (Å²) in [6.07, 6.45) is -0.0406. The number of carbonyl (C=O) groups excluding carboxylic acids is 1. The molecule has 3 aromatic carbocycles. The molecule has 4 aromatic rings. The maximum absolute atomic E-state index is 12.7. The fourth-order valence-corrected chi connectivity index (χ4v) is 7.04. The molecule has 56 heavy (non-hydrogen) atoms. The Morgan fingerprint density at radius 2 is 1.55 bits per heavy atom. The first kappa shape index (κ1) is 41.5. The quantitative estimate of drug-likeness (QED) is 0.107. The molecule has 3 atom stereocenters. The van der Waals surface area contributed by atoms with Crippen LogP contribution in [0, 0.1) is 0 Å². The Bertz CT molecular complexity index is 1890. The molecule has 302 valence electrons. The smallest absolute Gasteiger partial charge is 0.471 e. The van der Waals surface area contributed by atoms with Crippen LogP contribution in [0.5, 0.6) is 5.75 Å². The number of oxazole rings is 1. The number of benzene rings is 3. The number of alkyl halides is 3. The molecule has 0 spiro atoms. The van der Waals surface area contributed by atoms with Gasteiger partial charge in [-0.25, -0.2) is 9.78 Å². The number of carboxylic acids is 1. The second-order valence-corrected chi connectivity index (χ2v) is 14.2. The first-order chi connectivity index (χ1) is 26.9. The number of halogens is 5. The average molecular weight is 825 g/mol. The number of ether oxygens (including phenoxy) is 5. The Hall–Kier alpha value is -4.12. The Morgan fingerprint density at radius 3 is 2.11 bits per heavy atom. The predicted molar refractivity (Wildman–Crippen MR) is 201 cm³/mol. The molecule has 2 N–H and O–H groups in total. The van der Waals surface area contributed by atoms with Gasteiger partial charge in [0.1, 0.15) is 18.2 Å². The molecule has 0 bridgehead atoms. The van der Waals surface area contributed by atoms with Crippen molar-refractivity contribution in [2.75, 3.05) is 44.4 Å². The number of fused-ring (bicyclic) bond motifs is 1. The molecule has 2 aliphatic rings. The highest BCUT2D eigenvalue weighted by molar-refractivity contribution is 6.37. The average Bonchev–Trinajstić information content (AvgIpc) is 3.63. The van der Waals surface area contributed by atoms with Gasteiger partial charge in [0.15, 0.2) is 23.9 Å². The number of hydrogen-bond acceptors (Lipinski definition) is 10. The number of carboxylic acid groups (broad SMARTS) is 1. The second kappa shape index (κ2) is 19.4. The van der Waals surface area contributed by atoms with E-state index in [0.717, 1.165) is 63.0 Å². The first-order valence-corrected chi connectivity index (χ1v) is 19.1. The van der Waals surface area contributed by atoms with Crippen molar-refractivity contribution < 1.29 is 56.0 Å². The number of nitrogens with zero attached hydrogens (tertiary/aromatic N) is 2. The number of anilines is 1. The third-order valence-corrected chi connectivity index (χ3v) is 9.87. The number of amides is 1. The van der Waals surface area contributed by atoms with Gasteiger partial charge >= 0.3 is 18.1 Å². The van der Waals surface area contributed by atoms with Crippen LogP contribution in [0.15, 0.2) is 59.0 Å². The molecular weight excluding hydrogens is 782 g/mol. The van der Waals surface area contributed by atoms with Crippen molar-refractivity contribution >= 4 is 51.9 Å². The monoisotopic (exact) mass is 823 g/mol. The zero-order valence-electron chi connectivity index (χ0n) is 30.3. The van der Waals surface area contributed by atoms with E-state index in [9.17, 15) is 27.9 Å². The van der Waals surface area contributed by atoms with E-state index in [0.29, 0.717) is 48.9 Å². The van der Waals surface area contributed by atoms with E-state index in [1.807, 2.05) is 24.3 Å². The van der Waals surface area contributed by atoms with Crippen LogP contribution >= 0.6 is 23.2 Å². The summed E-state index contributed by atoms with van der Waals surface area (Å²) in [5.74, 6) is -3.58. The normalized spacial score (nSPS) is 18.1. The highest BCUT2D eigenvalue weighted by Crippen LogP contribution is 2.36. The van der Waals surface area contributed by atoms with Crippen molar-refractivity contribution in [1.82, 2.24) is 10.3 Å². The second-order valence-electron chi connectivity index (χ2n) is 13.4. The summed E-state index contributed by atoms with van der Waals surface area (Å²) < 4.78 is 73.9. The number of aromatic nitrogens is 1. The zero-order valence-corrected chi connectivity index (χ0v) is 31.8. The number of rotatable bonds is 17. The Morgan fingerprint density at radius 1 is 0.929 bits per heavy atom. The van der Waals surface area contributed by atoms with Gasteiger partial charge in [-0.1, -0.05) is 35.3 Å². The molecule has 2 fully saturated rings. The van der Waals surface area contributed by atoms with Crippen LogP contribution in [0.4, 0.5) is 18.9 Å². The van der Waals surface area contributed by atoms with E-state index in [1.165, 1.54) is 17.4 Å². The van der Waals surface area contributed by atoms with Crippen molar-refractivity contribution in [2.45, 2.75) is 76.4 Å². The molecule has 0 saturated carbocycles. The highest BCUT2D eigenvalue weighted by atomic mass is 35.5. The van der Waals surface area contributed by atoms with E-state index in [1.54, 1.807) is 18.2 Å². The molecule has 3 heterocycles. The van der Waals surface area contributed by atoms with Crippen molar-refractivity contribution in [1.29, 1.82) is 0 Å². The maximum Gasteiger partial charge on any atom is 0.471 e. The topological polar surface area (TPSA) is 142 Å². The molecule has 2 aliphatic heterocycles. The minimum Gasteiger partial charge on any atom is -0.486 e. The fourth-order valence-electron chi connectivity index (χ4n) is 6.40. The van der Waals surface area contributed by atoms with E-state index in [-0.39, 0.29) is 40.5 Å². The van der Waals surface area contributed by atoms with Crippen LogP contribution in [0.25, 0.3) is 22.6 Å². The Kier molecular flexibility index (Phi) is 14.3. The molecule has 6 rings (SSSR count). The zero-order chi connectivity index (χ0) is 39.7. The van der Waals surface area contributed by atoms with Crippen LogP contribution < -0.4 is 15.0 Å². The van der Waals surface area contributed by atoms with Gasteiger partial charge < -0.3 is 43.4 Å². The lowest BCUT2D eigenvalue weighted by Gasteiger charge is -2.29. The summed E-state index contributed by atoms with van der Waals surface area (Å²) in [6, 6.07) is 14.0. The van der Waals surface area contributed by atoms with Crippen LogP contribution in [-0.2, 0) is 41.6 Å². The van der Waals surface area contributed by atoms with Gasteiger partial charge in [0.05, 0.1) is 23.3 Å². The molecule has 0 radical (unpaired) electrons. The third-order valence-electron chi connectivity index (χ3n) is 9.31. The van der Waals surface area contributed by atoms with Crippen molar-refractivity contribution in [2.24, 2.45) is 0 Å².